The third-order valence-corrected chi connectivity index (χ3v) is 4.74. The molecule has 7 heteroatoms. The lowest BCUT2D eigenvalue weighted by Crippen LogP contribution is -2.37. The number of unbranched alkanes of at least 4 members (excludes halogenated alkanes) is 1. The van der Waals surface area contributed by atoms with Gasteiger partial charge in [-0.15, -0.1) is 0 Å². The molecule has 2 N–H and O–H groups in total. The number of ether oxygens (including phenoxy) is 1. The third kappa shape index (κ3) is 5.88. The number of carbonyl (C=O) groups is 2. The van der Waals surface area contributed by atoms with Crippen LogP contribution in [-0.2, 0) is 4.79 Å². The summed E-state index contributed by atoms with van der Waals surface area (Å²) in [4.78, 5) is 28.6. The minimum absolute atomic E-state index is 0.0993. The summed E-state index contributed by atoms with van der Waals surface area (Å²) in [6.45, 7) is 2.76. The number of nitrogens with two attached hydrogens (primary N) is 1. The SMILES string of the molecule is CN1CCCCN(C(=O)CCCCN)CCOc2ccc(Cl)cc2C1=O. The standard InChI is InChI=1S/C19H28ClN3O3/c1-22-10-4-5-11-23(18(24)6-2-3-9-21)12-13-26-17-8-7-15(20)14-16(17)19(22)25/h7-8,14H,2-6,9-13,21H2,1H3. The van der Waals surface area contributed by atoms with E-state index in [-0.39, 0.29) is 11.8 Å². The molecule has 26 heavy (non-hydrogen) atoms. The van der Waals surface area contributed by atoms with Gasteiger partial charge in [-0.25, -0.2) is 0 Å². The fourth-order valence-corrected chi connectivity index (χ4v) is 3.13. The first-order valence-corrected chi connectivity index (χ1v) is 9.56. The Morgan fingerprint density at radius 2 is 2.00 bits per heavy atom. The predicted octanol–water partition coefficient (Wildman–Crippen LogP) is 2.54. The van der Waals surface area contributed by atoms with E-state index in [2.05, 4.69) is 0 Å². The zero-order valence-electron chi connectivity index (χ0n) is 15.4. The van der Waals surface area contributed by atoms with Crippen molar-refractivity contribution >= 4 is 23.4 Å². The molecule has 0 unspecified atom stereocenters. The summed E-state index contributed by atoms with van der Waals surface area (Å²) in [6.07, 6.45) is 3.87. The van der Waals surface area contributed by atoms with Crippen molar-refractivity contribution in [3.63, 3.8) is 0 Å². The van der Waals surface area contributed by atoms with E-state index in [0.29, 0.717) is 55.5 Å². The van der Waals surface area contributed by atoms with Gasteiger partial charge in [-0.1, -0.05) is 11.6 Å². The number of carbonyl (C=O) groups excluding carboxylic acids is 2. The number of halogens is 1. The Morgan fingerprint density at radius 3 is 2.77 bits per heavy atom. The molecule has 1 aliphatic rings. The van der Waals surface area contributed by atoms with Gasteiger partial charge in [-0.3, -0.25) is 9.59 Å². The molecule has 0 spiro atoms. The van der Waals surface area contributed by atoms with Crippen LogP contribution < -0.4 is 10.5 Å². The van der Waals surface area contributed by atoms with Crippen molar-refractivity contribution in [3.05, 3.63) is 28.8 Å². The molecule has 0 fully saturated rings. The Bertz CT molecular complexity index is 624. The van der Waals surface area contributed by atoms with E-state index >= 15 is 0 Å². The lowest BCUT2D eigenvalue weighted by molar-refractivity contribution is -0.131. The van der Waals surface area contributed by atoms with Crippen molar-refractivity contribution in [1.29, 1.82) is 0 Å². The smallest absolute Gasteiger partial charge is 0.257 e. The molecule has 144 valence electrons. The van der Waals surface area contributed by atoms with Crippen LogP contribution in [0.3, 0.4) is 0 Å². The van der Waals surface area contributed by atoms with Crippen LogP contribution in [0.25, 0.3) is 0 Å². The van der Waals surface area contributed by atoms with E-state index in [1.807, 2.05) is 4.90 Å². The Kier molecular flexibility index (Phi) is 8.19. The van der Waals surface area contributed by atoms with Crippen molar-refractivity contribution in [2.45, 2.75) is 32.1 Å². The van der Waals surface area contributed by atoms with Gasteiger partial charge >= 0.3 is 0 Å². The number of hydrogen-bond acceptors (Lipinski definition) is 4. The molecule has 6 nitrogen and oxygen atoms in total. The monoisotopic (exact) mass is 381 g/mol. The molecule has 0 saturated carbocycles. The highest BCUT2D eigenvalue weighted by Gasteiger charge is 2.20. The number of amides is 2. The third-order valence-electron chi connectivity index (χ3n) is 4.51. The van der Waals surface area contributed by atoms with Gasteiger partial charge in [0.25, 0.3) is 5.91 Å². The average molecular weight is 382 g/mol. The number of hydrogen-bond donors (Lipinski definition) is 1. The van der Waals surface area contributed by atoms with E-state index in [0.717, 1.165) is 25.7 Å². The summed E-state index contributed by atoms with van der Waals surface area (Å²) in [7, 11) is 1.77. The highest BCUT2D eigenvalue weighted by Crippen LogP contribution is 2.24. The minimum atomic E-state index is -0.0993. The lowest BCUT2D eigenvalue weighted by Gasteiger charge is -2.26. The predicted molar refractivity (Wildman–Crippen MR) is 103 cm³/mol. The van der Waals surface area contributed by atoms with Crippen LogP contribution in [0.5, 0.6) is 5.75 Å². The Hall–Kier alpha value is -1.79. The van der Waals surface area contributed by atoms with E-state index in [9.17, 15) is 9.59 Å². The quantitative estimate of drug-likeness (QED) is 0.813. The summed E-state index contributed by atoms with van der Waals surface area (Å²) < 4.78 is 5.82. The molecule has 0 aliphatic carbocycles. The van der Waals surface area contributed by atoms with Gasteiger partial charge in [0, 0.05) is 31.6 Å². The Balaban J connectivity index is 2.10. The summed E-state index contributed by atoms with van der Waals surface area (Å²) in [5, 5.41) is 0.498. The molecule has 0 atom stereocenters. The fourth-order valence-electron chi connectivity index (χ4n) is 2.96. The molecule has 1 heterocycles. The topological polar surface area (TPSA) is 75.9 Å². The normalized spacial score (nSPS) is 16.3. The van der Waals surface area contributed by atoms with Gasteiger partial charge in [0.05, 0.1) is 12.1 Å². The average Bonchev–Trinajstić information content (AvgIpc) is 2.63. The Labute approximate surface area is 160 Å². The zero-order chi connectivity index (χ0) is 18.9. The number of rotatable bonds is 4. The van der Waals surface area contributed by atoms with Gasteiger partial charge in [0.2, 0.25) is 5.91 Å². The van der Waals surface area contributed by atoms with Crippen molar-refractivity contribution in [1.82, 2.24) is 9.80 Å². The van der Waals surface area contributed by atoms with E-state index < -0.39 is 0 Å². The minimum Gasteiger partial charge on any atom is -0.491 e. The van der Waals surface area contributed by atoms with Crippen molar-refractivity contribution in [2.24, 2.45) is 5.73 Å². The van der Waals surface area contributed by atoms with Crippen molar-refractivity contribution in [2.75, 3.05) is 39.8 Å². The first-order chi connectivity index (χ1) is 12.5. The van der Waals surface area contributed by atoms with Gasteiger partial charge in [0.1, 0.15) is 12.4 Å². The van der Waals surface area contributed by atoms with E-state index in [1.54, 1.807) is 30.1 Å². The van der Waals surface area contributed by atoms with Crippen molar-refractivity contribution < 1.29 is 14.3 Å². The first kappa shape index (κ1) is 20.5. The molecule has 0 aromatic heterocycles. The summed E-state index contributed by atoms with van der Waals surface area (Å²) in [5.74, 6) is 0.542. The molecule has 0 saturated heterocycles. The molecule has 1 aromatic carbocycles. The van der Waals surface area contributed by atoms with Crippen LogP contribution in [-0.4, -0.2) is 61.4 Å². The number of benzene rings is 1. The molecule has 0 bridgehead atoms. The maximum Gasteiger partial charge on any atom is 0.257 e. The molecule has 2 amide bonds. The molecule has 1 aromatic rings. The van der Waals surface area contributed by atoms with Crippen LogP contribution >= 0.6 is 11.6 Å². The molecular formula is C19H28ClN3O3. The number of nitrogens with zero attached hydrogens (tertiary/aromatic N) is 2. The largest absolute Gasteiger partial charge is 0.491 e. The molecular weight excluding hydrogens is 354 g/mol. The van der Waals surface area contributed by atoms with Gasteiger partial charge in [-0.2, -0.15) is 0 Å². The second kappa shape index (κ2) is 10.4. The first-order valence-electron chi connectivity index (χ1n) is 9.18. The lowest BCUT2D eigenvalue weighted by atomic mass is 10.1. The highest BCUT2D eigenvalue weighted by molar-refractivity contribution is 6.31. The van der Waals surface area contributed by atoms with Crippen LogP contribution in [0.15, 0.2) is 18.2 Å². The molecule has 2 rings (SSSR count). The van der Waals surface area contributed by atoms with Gasteiger partial charge in [-0.05, 0) is 50.4 Å². The second-order valence-corrected chi connectivity index (χ2v) is 6.99. The molecule has 1 aliphatic heterocycles. The summed E-state index contributed by atoms with van der Waals surface area (Å²) >= 11 is 6.05. The zero-order valence-corrected chi connectivity index (χ0v) is 16.1. The summed E-state index contributed by atoms with van der Waals surface area (Å²) in [5.41, 5.74) is 5.96. The second-order valence-electron chi connectivity index (χ2n) is 6.55. The highest BCUT2D eigenvalue weighted by atomic mass is 35.5. The van der Waals surface area contributed by atoms with E-state index in [1.165, 1.54) is 0 Å². The Morgan fingerprint density at radius 1 is 1.23 bits per heavy atom. The van der Waals surface area contributed by atoms with Crippen LogP contribution in [0.1, 0.15) is 42.5 Å². The van der Waals surface area contributed by atoms with Gasteiger partial charge in [0.15, 0.2) is 0 Å². The van der Waals surface area contributed by atoms with E-state index in [4.69, 9.17) is 22.1 Å². The maximum atomic E-state index is 12.6. The van der Waals surface area contributed by atoms with Crippen LogP contribution in [0.4, 0.5) is 0 Å². The van der Waals surface area contributed by atoms with Gasteiger partial charge < -0.3 is 20.3 Å². The fraction of sp³-hybridized carbons (Fsp3) is 0.579. The van der Waals surface area contributed by atoms with Crippen LogP contribution in [0.2, 0.25) is 5.02 Å². The van der Waals surface area contributed by atoms with Crippen molar-refractivity contribution in [3.8, 4) is 5.75 Å². The maximum absolute atomic E-state index is 12.6. The molecule has 0 radical (unpaired) electrons. The number of fused-ring (bicyclic) bond motifs is 1. The summed E-state index contributed by atoms with van der Waals surface area (Å²) in [6, 6.07) is 5.05. The van der Waals surface area contributed by atoms with Crippen LogP contribution in [0, 0.1) is 0 Å².